The van der Waals surface area contributed by atoms with Crippen molar-refractivity contribution in [3.63, 3.8) is 0 Å². The first-order valence-corrected chi connectivity index (χ1v) is 7.67. The molecule has 0 bridgehead atoms. The summed E-state index contributed by atoms with van der Waals surface area (Å²) in [6.07, 6.45) is 1.27. The number of nitrogens with zero attached hydrogens (tertiary/aromatic N) is 1. The number of ether oxygens (including phenoxy) is 2. The van der Waals surface area contributed by atoms with E-state index in [1.54, 1.807) is 4.90 Å². The number of carbonyl (C=O) groups excluding carboxylic acids is 2. The fourth-order valence-electron chi connectivity index (χ4n) is 2.88. The van der Waals surface area contributed by atoms with Gasteiger partial charge in [0.05, 0.1) is 19.8 Å². The van der Waals surface area contributed by atoms with Crippen LogP contribution < -0.4 is 5.32 Å². The van der Waals surface area contributed by atoms with E-state index in [0.29, 0.717) is 39.1 Å². The van der Waals surface area contributed by atoms with Crippen LogP contribution in [0, 0.1) is 5.82 Å². The maximum atomic E-state index is 13.1. The molecule has 1 N–H and O–H groups in total. The quantitative estimate of drug-likeness (QED) is 0.899. The predicted octanol–water partition coefficient (Wildman–Crippen LogP) is 0.921. The van der Waals surface area contributed by atoms with Gasteiger partial charge in [-0.2, -0.15) is 0 Å². The number of benzene rings is 1. The van der Waals surface area contributed by atoms with E-state index in [-0.39, 0.29) is 18.0 Å². The molecule has 1 aromatic rings. The second-order valence-corrected chi connectivity index (χ2v) is 5.68. The Morgan fingerprint density at radius 3 is 2.57 bits per heavy atom. The maximum Gasteiger partial charge on any atom is 0.251 e. The third-order valence-corrected chi connectivity index (χ3v) is 4.18. The zero-order valence-corrected chi connectivity index (χ0v) is 12.7. The van der Waals surface area contributed by atoms with E-state index in [0.717, 1.165) is 6.07 Å². The van der Waals surface area contributed by atoms with Gasteiger partial charge in [0, 0.05) is 31.5 Å². The molecule has 2 aliphatic heterocycles. The summed E-state index contributed by atoms with van der Waals surface area (Å²) in [5, 5.41) is 2.52. The van der Waals surface area contributed by atoms with Gasteiger partial charge in [0.2, 0.25) is 5.91 Å². The number of hydrogen-bond acceptors (Lipinski definition) is 4. The molecule has 0 atom stereocenters. The van der Waals surface area contributed by atoms with Gasteiger partial charge in [-0.15, -0.1) is 0 Å². The van der Waals surface area contributed by atoms with Gasteiger partial charge in [0.15, 0.2) is 5.79 Å². The molecular weight excluding hydrogens is 303 g/mol. The monoisotopic (exact) mass is 322 g/mol. The van der Waals surface area contributed by atoms with Gasteiger partial charge in [0.1, 0.15) is 5.82 Å². The van der Waals surface area contributed by atoms with Gasteiger partial charge in [0.25, 0.3) is 5.91 Å². The van der Waals surface area contributed by atoms with Crippen LogP contribution in [0.15, 0.2) is 24.3 Å². The number of nitrogens with one attached hydrogen (secondary N) is 1. The molecule has 7 heteroatoms. The number of rotatable bonds is 3. The largest absolute Gasteiger partial charge is 0.347 e. The van der Waals surface area contributed by atoms with Crippen LogP contribution in [0.3, 0.4) is 0 Å². The van der Waals surface area contributed by atoms with Crippen molar-refractivity contribution in [2.24, 2.45) is 0 Å². The van der Waals surface area contributed by atoms with Crippen molar-refractivity contribution in [2.75, 3.05) is 32.8 Å². The number of likely N-dealkylation sites (tertiary alicyclic amines) is 1. The molecular formula is C16H19FN2O4. The Balaban J connectivity index is 1.47. The molecule has 0 aromatic heterocycles. The highest BCUT2D eigenvalue weighted by Gasteiger charge is 2.40. The molecule has 124 valence electrons. The molecule has 2 saturated heterocycles. The Morgan fingerprint density at radius 2 is 1.91 bits per heavy atom. The Labute approximate surface area is 133 Å². The molecule has 2 amide bonds. The van der Waals surface area contributed by atoms with E-state index in [1.807, 2.05) is 0 Å². The SMILES string of the molecule is O=C(NCC(=O)N1CCC2(CC1)OCCO2)c1cccc(F)c1. The fraction of sp³-hybridized carbons (Fsp3) is 0.500. The minimum absolute atomic E-state index is 0.107. The molecule has 3 rings (SSSR count). The third kappa shape index (κ3) is 3.68. The van der Waals surface area contributed by atoms with Gasteiger partial charge in [-0.05, 0) is 18.2 Å². The van der Waals surface area contributed by atoms with Crippen LogP contribution in [0.25, 0.3) is 0 Å². The van der Waals surface area contributed by atoms with Crippen molar-refractivity contribution in [1.29, 1.82) is 0 Å². The van der Waals surface area contributed by atoms with E-state index in [1.165, 1.54) is 18.2 Å². The van der Waals surface area contributed by atoms with Crippen molar-refractivity contribution >= 4 is 11.8 Å². The van der Waals surface area contributed by atoms with Crippen LogP contribution in [0.5, 0.6) is 0 Å². The summed E-state index contributed by atoms with van der Waals surface area (Å²) in [7, 11) is 0. The second-order valence-electron chi connectivity index (χ2n) is 5.68. The number of carbonyl (C=O) groups is 2. The highest BCUT2D eigenvalue weighted by atomic mass is 19.1. The molecule has 23 heavy (non-hydrogen) atoms. The lowest BCUT2D eigenvalue weighted by Crippen LogP contribution is -2.49. The Morgan fingerprint density at radius 1 is 1.22 bits per heavy atom. The standard InChI is InChI=1S/C16H19FN2O4/c17-13-3-1-2-12(10-13)15(21)18-11-14(20)19-6-4-16(5-7-19)22-8-9-23-16/h1-3,10H,4-9,11H2,(H,18,21). The van der Waals surface area contributed by atoms with Crippen LogP contribution >= 0.6 is 0 Å². The molecule has 2 heterocycles. The summed E-state index contributed by atoms with van der Waals surface area (Å²) in [5.74, 6) is -1.64. The lowest BCUT2D eigenvalue weighted by atomic mass is 10.0. The molecule has 0 unspecified atom stereocenters. The molecule has 1 aromatic carbocycles. The molecule has 0 radical (unpaired) electrons. The van der Waals surface area contributed by atoms with Crippen molar-refractivity contribution in [3.8, 4) is 0 Å². The lowest BCUT2D eigenvalue weighted by Gasteiger charge is -2.37. The van der Waals surface area contributed by atoms with E-state index in [9.17, 15) is 14.0 Å². The minimum atomic E-state index is -0.526. The summed E-state index contributed by atoms with van der Waals surface area (Å²) in [5.41, 5.74) is 0.197. The van der Waals surface area contributed by atoms with Crippen molar-refractivity contribution in [3.05, 3.63) is 35.6 Å². The number of hydrogen-bond donors (Lipinski definition) is 1. The second kappa shape index (κ2) is 6.64. The first-order valence-electron chi connectivity index (χ1n) is 7.67. The number of piperidine rings is 1. The normalized spacial score (nSPS) is 19.8. The smallest absolute Gasteiger partial charge is 0.251 e. The van der Waals surface area contributed by atoms with Gasteiger partial charge < -0.3 is 19.7 Å². The van der Waals surface area contributed by atoms with Gasteiger partial charge >= 0.3 is 0 Å². The zero-order chi connectivity index (χ0) is 16.3. The summed E-state index contributed by atoms with van der Waals surface area (Å²) >= 11 is 0. The van der Waals surface area contributed by atoms with Crippen LogP contribution in [0.2, 0.25) is 0 Å². The topological polar surface area (TPSA) is 67.9 Å². The Bertz CT molecular complexity index is 591. The summed E-state index contributed by atoms with van der Waals surface area (Å²) in [4.78, 5) is 25.7. The lowest BCUT2D eigenvalue weighted by molar-refractivity contribution is -0.187. The fourth-order valence-corrected chi connectivity index (χ4v) is 2.88. The zero-order valence-electron chi connectivity index (χ0n) is 12.7. The van der Waals surface area contributed by atoms with E-state index >= 15 is 0 Å². The Kier molecular flexibility index (Phi) is 4.58. The number of amides is 2. The van der Waals surface area contributed by atoms with Crippen LogP contribution in [-0.2, 0) is 14.3 Å². The molecule has 2 aliphatic rings. The molecule has 2 fully saturated rings. The highest BCUT2D eigenvalue weighted by Crippen LogP contribution is 2.31. The average Bonchev–Trinajstić information content (AvgIpc) is 3.01. The summed E-state index contributed by atoms with van der Waals surface area (Å²) in [6, 6.07) is 5.36. The van der Waals surface area contributed by atoms with Crippen molar-refractivity contribution < 1.29 is 23.5 Å². The molecule has 0 aliphatic carbocycles. The Hall–Kier alpha value is -1.99. The first kappa shape index (κ1) is 15.9. The maximum absolute atomic E-state index is 13.1. The van der Waals surface area contributed by atoms with Crippen molar-refractivity contribution in [1.82, 2.24) is 10.2 Å². The highest BCUT2D eigenvalue weighted by molar-refractivity contribution is 5.96. The van der Waals surface area contributed by atoms with Crippen LogP contribution in [-0.4, -0.2) is 55.3 Å². The van der Waals surface area contributed by atoms with Crippen molar-refractivity contribution in [2.45, 2.75) is 18.6 Å². The first-order chi connectivity index (χ1) is 11.1. The van der Waals surface area contributed by atoms with Crippen LogP contribution in [0.4, 0.5) is 4.39 Å². The average molecular weight is 322 g/mol. The summed E-state index contributed by atoms with van der Waals surface area (Å²) in [6.45, 7) is 2.16. The predicted molar refractivity (Wildman–Crippen MR) is 79.2 cm³/mol. The summed E-state index contributed by atoms with van der Waals surface area (Å²) < 4.78 is 24.3. The van der Waals surface area contributed by atoms with E-state index in [2.05, 4.69) is 5.32 Å². The number of halogens is 1. The molecule has 6 nitrogen and oxygen atoms in total. The van der Waals surface area contributed by atoms with E-state index < -0.39 is 17.5 Å². The minimum Gasteiger partial charge on any atom is -0.347 e. The third-order valence-electron chi connectivity index (χ3n) is 4.18. The molecule has 0 saturated carbocycles. The van der Waals surface area contributed by atoms with Crippen LogP contribution in [0.1, 0.15) is 23.2 Å². The van der Waals surface area contributed by atoms with Gasteiger partial charge in [-0.25, -0.2) is 4.39 Å². The van der Waals surface area contributed by atoms with E-state index in [4.69, 9.17) is 9.47 Å². The van der Waals surface area contributed by atoms with Gasteiger partial charge in [-0.1, -0.05) is 6.07 Å². The molecule has 1 spiro atoms. The van der Waals surface area contributed by atoms with Gasteiger partial charge in [-0.3, -0.25) is 9.59 Å².